The monoisotopic (exact) mass is 1090 g/mol. The van der Waals surface area contributed by atoms with E-state index >= 15 is 0 Å². The van der Waals surface area contributed by atoms with E-state index in [1.165, 1.54) is 101 Å². The smallest absolute Gasteiger partial charge is 0.180 e. The second-order valence-electron chi connectivity index (χ2n) is 21.9. The fraction of sp³-hybridized carbons (Fsp3) is 0. The van der Waals surface area contributed by atoms with E-state index < -0.39 is 16.1 Å². The van der Waals surface area contributed by atoms with Gasteiger partial charge in [0.05, 0.1) is 33.1 Å². The Morgan fingerprint density at radius 1 is 0.181 bits per heavy atom. The van der Waals surface area contributed by atoms with Crippen LogP contribution in [0, 0.1) is 0 Å². The van der Waals surface area contributed by atoms with E-state index in [0.29, 0.717) is 0 Å². The third kappa shape index (κ3) is 7.42. The first kappa shape index (κ1) is 48.6. The first-order valence-electron chi connectivity index (χ1n) is 28.8. The highest BCUT2D eigenvalue weighted by Crippen LogP contribution is 2.38. The van der Waals surface area contributed by atoms with Gasteiger partial charge in [-0.25, -0.2) is 0 Å². The molecule has 3 nitrogen and oxygen atoms in total. The Kier molecular flexibility index (Phi) is 11.6. The molecule has 0 saturated heterocycles. The second-order valence-corrected chi connectivity index (χ2v) is 29.5. The molecule has 16 aromatic rings. The molecule has 5 heteroatoms. The van der Waals surface area contributed by atoms with E-state index in [0.717, 1.165) is 22.6 Å². The average Bonchev–Trinajstić information content (AvgIpc) is 2.20. The second kappa shape index (κ2) is 19.7. The van der Waals surface area contributed by atoms with Crippen molar-refractivity contribution in [2.45, 2.75) is 0 Å². The van der Waals surface area contributed by atoms with E-state index in [1.807, 2.05) is 0 Å². The van der Waals surface area contributed by atoms with Crippen LogP contribution in [0.15, 0.2) is 334 Å². The summed E-state index contributed by atoms with van der Waals surface area (Å²) >= 11 is 0. The molecule has 13 aromatic carbocycles. The molecule has 390 valence electrons. The number of hydrogen-bond donors (Lipinski definition) is 0. The molecule has 0 aliphatic heterocycles. The Hall–Kier alpha value is -10.3. The van der Waals surface area contributed by atoms with Crippen LogP contribution in [0.5, 0.6) is 0 Å². The summed E-state index contributed by atoms with van der Waals surface area (Å²) in [5.74, 6) is 0. The maximum atomic E-state index is 2.58. The van der Waals surface area contributed by atoms with E-state index in [4.69, 9.17) is 0 Å². The highest BCUT2D eigenvalue weighted by atomic mass is 28.3. The number of benzene rings is 13. The molecule has 0 aliphatic rings. The van der Waals surface area contributed by atoms with Crippen molar-refractivity contribution in [3.63, 3.8) is 0 Å². The minimum atomic E-state index is -3.15. The predicted octanol–water partition coefficient (Wildman–Crippen LogP) is 13.7. The summed E-state index contributed by atoms with van der Waals surface area (Å²) in [5.41, 5.74) is 10.5. The number of aromatic nitrogens is 3. The average molecular weight is 1090 g/mol. The summed E-state index contributed by atoms with van der Waals surface area (Å²) in [5, 5.41) is 18.2. The zero-order chi connectivity index (χ0) is 54.9. The Balaban J connectivity index is 1.01. The van der Waals surface area contributed by atoms with Crippen LogP contribution in [0.1, 0.15) is 0 Å². The third-order valence-corrected chi connectivity index (χ3v) is 27.3. The molecule has 3 heterocycles. The number of fused-ring (bicyclic) bond motifs is 9. The fourth-order valence-corrected chi connectivity index (χ4v) is 24.2. The molecule has 0 unspecified atom stereocenters. The lowest BCUT2D eigenvalue weighted by molar-refractivity contribution is 1.17. The van der Waals surface area contributed by atoms with Crippen LogP contribution in [-0.2, 0) is 0 Å². The third-order valence-electron chi connectivity index (χ3n) is 17.7. The van der Waals surface area contributed by atoms with Gasteiger partial charge in [-0.2, -0.15) is 0 Å². The van der Waals surface area contributed by atoms with Gasteiger partial charge in [0.15, 0.2) is 16.1 Å². The highest BCUT2D eigenvalue weighted by Gasteiger charge is 2.44. The van der Waals surface area contributed by atoms with Crippen molar-refractivity contribution >= 4 is 123 Å². The minimum Gasteiger partial charge on any atom is -0.309 e. The number of nitrogens with zero attached hydrogens (tertiary/aromatic N) is 3. The molecule has 83 heavy (non-hydrogen) atoms. The van der Waals surface area contributed by atoms with Crippen LogP contribution in [0.3, 0.4) is 0 Å². The predicted molar refractivity (Wildman–Crippen MR) is 357 cm³/mol. The number of rotatable bonds is 11. The minimum absolute atomic E-state index is 1.12. The fourth-order valence-electron chi connectivity index (χ4n) is 14.4. The van der Waals surface area contributed by atoms with E-state index in [2.05, 4.69) is 347 Å². The Bertz CT molecular complexity index is 4840. The lowest BCUT2D eigenvalue weighted by atomic mass is 10.1. The molecule has 0 N–H and O–H groups in total. The lowest BCUT2D eigenvalue weighted by Gasteiger charge is -2.35. The van der Waals surface area contributed by atoms with Crippen molar-refractivity contribution in [3.8, 4) is 17.1 Å². The summed E-state index contributed by atoms with van der Waals surface area (Å²) < 4.78 is 7.52. The molecule has 0 saturated carbocycles. The maximum Gasteiger partial charge on any atom is 0.180 e. The van der Waals surface area contributed by atoms with Gasteiger partial charge >= 0.3 is 0 Å². The SMILES string of the molecule is c1ccc([Si](c2ccccc2)(c2cccc(-n3c4ccccc4c4ccccc43)c2)c2cccc(-n3c4ccc(-n5c6ccccc6c6ccccc65)cc4c4c([Si](c5ccccc5)(c5ccccc5)c5ccccc5)cccc43)c2)cc1. The normalized spacial score (nSPS) is 12.1. The molecule has 0 spiro atoms. The van der Waals surface area contributed by atoms with Crippen molar-refractivity contribution in [3.05, 3.63) is 334 Å². The van der Waals surface area contributed by atoms with Gasteiger partial charge in [0, 0.05) is 49.4 Å². The van der Waals surface area contributed by atoms with Crippen molar-refractivity contribution in [1.29, 1.82) is 0 Å². The van der Waals surface area contributed by atoms with E-state index in [-0.39, 0.29) is 0 Å². The zero-order valence-corrected chi connectivity index (χ0v) is 47.6. The van der Waals surface area contributed by atoms with E-state index in [9.17, 15) is 0 Å². The number of para-hydroxylation sites is 4. The first-order valence-corrected chi connectivity index (χ1v) is 32.8. The Labute approximate surface area is 484 Å². The zero-order valence-electron chi connectivity index (χ0n) is 45.6. The van der Waals surface area contributed by atoms with E-state index in [1.54, 1.807) is 0 Å². The van der Waals surface area contributed by atoms with Gasteiger partial charge < -0.3 is 13.7 Å². The molecule has 16 rings (SSSR count). The summed E-state index contributed by atoms with van der Waals surface area (Å²) in [6, 6.07) is 126. The number of hydrogen-bond acceptors (Lipinski definition) is 0. The van der Waals surface area contributed by atoms with Crippen LogP contribution in [-0.4, -0.2) is 29.8 Å². The molecule has 3 aromatic heterocycles. The van der Waals surface area contributed by atoms with Gasteiger partial charge in [-0.3, -0.25) is 0 Å². The molecule has 0 radical (unpaired) electrons. The van der Waals surface area contributed by atoms with Crippen molar-refractivity contribution in [2.24, 2.45) is 0 Å². The van der Waals surface area contributed by atoms with Crippen LogP contribution in [0.2, 0.25) is 0 Å². The van der Waals surface area contributed by atoms with Crippen LogP contribution < -0.4 is 41.5 Å². The largest absolute Gasteiger partial charge is 0.309 e. The van der Waals surface area contributed by atoms with Gasteiger partial charge in [0.2, 0.25) is 0 Å². The summed E-state index contributed by atoms with van der Waals surface area (Å²) in [6.45, 7) is 0. The van der Waals surface area contributed by atoms with Crippen LogP contribution in [0.4, 0.5) is 0 Å². The standard InChI is InChI=1S/C78H55N3Si2/c1-6-29-59(30-7-1)82(60-31-8-2-9-32-60,64-39-24-27-56(53-64)79-71-45-20-16-41-66(71)67-42-17-21-46-72(67)79)65-40-25-28-57(54-65)81-75-52-51-58(80-73-47-22-18-43-68(73)69-44-19-23-48-74(69)80)55-70(75)78-76(81)49-26-50-77(78)83(61-33-10-3-11-34-61,62-35-12-4-13-36-62)63-37-14-5-15-38-63/h1-55H. The molecule has 0 atom stereocenters. The Morgan fingerprint density at radius 2 is 0.470 bits per heavy atom. The van der Waals surface area contributed by atoms with Gasteiger partial charge in [-0.1, -0.05) is 261 Å². The van der Waals surface area contributed by atoms with Crippen molar-refractivity contribution < 1.29 is 0 Å². The van der Waals surface area contributed by atoms with Crippen LogP contribution in [0.25, 0.3) is 82.5 Å². The topological polar surface area (TPSA) is 14.8 Å². The van der Waals surface area contributed by atoms with Crippen LogP contribution >= 0.6 is 0 Å². The summed E-state index contributed by atoms with van der Waals surface area (Å²) in [7, 11) is -6.24. The molecule has 0 bridgehead atoms. The van der Waals surface area contributed by atoms with Gasteiger partial charge in [0.1, 0.15) is 0 Å². The van der Waals surface area contributed by atoms with Crippen molar-refractivity contribution in [2.75, 3.05) is 0 Å². The summed E-state index contributed by atoms with van der Waals surface area (Å²) in [4.78, 5) is 0. The molecule has 0 fully saturated rings. The van der Waals surface area contributed by atoms with Gasteiger partial charge in [0.25, 0.3) is 0 Å². The van der Waals surface area contributed by atoms with Gasteiger partial charge in [-0.15, -0.1) is 0 Å². The van der Waals surface area contributed by atoms with Crippen molar-refractivity contribution in [1.82, 2.24) is 13.7 Å². The summed E-state index contributed by atoms with van der Waals surface area (Å²) in [6.07, 6.45) is 0. The molecule has 0 aliphatic carbocycles. The quantitative estimate of drug-likeness (QED) is 0.0906. The Morgan fingerprint density at radius 3 is 0.867 bits per heavy atom. The maximum absolute atomic E-state index is 3.15. The molecular formula is C78H55N3Si2. The van der Waals surface area contributed by atoms with Gasteiger partial charge in [-0.05, 0) is 114 Å². The lowest BCUT2D eigenvalue weighted by Crippen LogP contribution is -2.74. The molecule has 0 amide bonds. The molecular weight excluding hydrogens is 1040 g/mol. The highest BCUT2D eigenvalue weighted by molar-refractivity contribution is 7.21. The first-order chi connectivity index (χ1) is 41.2.